The van der Waals surface area contributed by atoms with E-state index < -0.39 is 44.1 Å². The number of alkyl halides is 2. The van der Waals surface area contributed by atoms with Crippen molar-refractivity contribution >= 4 is 22.2 Å². The van der Waals surface area contributed by atoms with Crippen LogP contribution in [-0.2, 0) is 29.1 Å². The Labute approximate surface area is 215 Å². The number of carbonyl (C=O) groups is 2. The van der Waals surface area contributed by atoms with Crippen LogP contribution in [0.15, 0.2) is 0 Å². The molecule has 8 bridgehead atoms. The fraction of sp³-hybridized carbons (Fsp3) is 0.923. The van der Waals surface area contributed by atoms with E-state index >= 15 is 0 Å². The van der Waals surface area contributed by atoms with Gasteiger partial charge in [0, 0.05) is 5.41 Å². The summed E-state index contributed by atoms with van der Waals surface area (Å²) in [6.45, 7) is 2.13. The summed E-state index contributed by atoms with van der Waals surface area (Å²) in [7, 11) is -5.95. The molecule has 8 aliphatic carbocycles. The number of halogens is 2. The zero-order chi connectivity index (χ0) is 26.4. The molecular weight excluding hydrogens is 510 g/mol. The first-order valence-electron chi connectivity index (χ1n) is 13.7. The van der Waals surface area contributed by atoms with Crippen LogP contribution >= 0.6 is 0 Å². The monoisotopic (exact) mass is 546 g/mol. The summed E-state index contributed by atoms with van der Waals surface area (Å²) >= 11 is 0. The van der Waals surface area contributed by atoms with Gasteiger partial charge in [-0.05, 0) is 113 Å². The number of hydrogen-bond acceptors (Lipinski definition) is 7. The van der Waals surface area contributed by atoms with Gasteiger partial charge in [-0.2, -0.15) is 17.2 Å². The Hall–Kier alpha value is -1.49. The van der Waals surface area contributed by atoms with Gasteiger partial charge in [0.25, 0.3) is 0 Å². The van der Waals surface area contributed by atoms with Crippen molar-refractivity contribution in [2.75, 3.05) is 6.61 Å². The highest BCUT2D eigenvalue weighted by molar-refractivity contribution is 7.87. The van der Waals surface area contributed by atoms with Gasteiger partial charge < -0.3 is 14.2 Å². The average molecular weight is 547 g/mol. The molecule has 8 saturated carbocycles. The lowest BCUT2D eigenvalue weighted by Gasteiger charge is -2.61. The van der Waals surface area contributed by atoms with Crippen molar-refractivity contribution < 1.29 is 45.6 Å². The van der Waals surface area contributed by atoms with E-state index in [0.717, 1.165) is 63.2 Å². The lowest BCUT2D eigenvalue weighted by atomic mass is 9.48. The van der Waals surface area contributed by atoms with Crippen molar-refractivity contribution in [1.29, 1.82) is 0 Å². The second kappa shape index (κ2) is 8.26. The van der Waals surface area contributed by atoms with Crippen molar-refractivity contribution in [3.05, 3.63) is 0 Å². The maximum absolute atomic E-state index is 14.0. The molecule has 2 atom stereocenters. The Balaban J connectivity index is 1.14. The molecule has 0 amide bonds. The van der Waals surface area contributed by atoms with Gasteiger partial charge in [0.15, 0.2) is 0 Å². The van der Waals surface area contributed by atoms with E-state index in [-0.39, 0.29) is 24.9 Å². The minimum atomic E-state index is -5.95. The van der Waals surface area contributed by atoms with Crippen LogP contribution in [0.5, 0.6) is 0 Å². The molecule has 208 valence electrons. The molecule has 0 aromatic heterocycles. The van der Waals surface area contributed by atoms with Crippen molar-refractivity contribution in [3.8, 4) is 0 Å². The van der Waals surface area contributed by atoms with Crippen LogP contribution < -0.4 is 0 Å². The zero-order valence-corrected chi connectivity index (χ0v) is 21.9. The van der Waals surface area contributed by atoms with Gasteiger partial charge in [-0.3, -0.25) is 4.55 Å². The second-order valence-electron chi connectivity index (χ2n) is 13.3. The van der Waals surface area contributed by atoms with E-state index in [1.54, 1.807) is 0 Å². The number of hydrogen-bond donors (Lipinski definition) is 1. The molecular formula is C26H36F2O8S. The van der Waals surface area contributed by atoms with Gasteiger partial charge in [0.2, 0.25) is 0 Å². The quantitative estimate of drug-likeness (QED) is 0.346. The minimum absolute atomic E-state index is 0.0488. The molecule has 2 unspecified atom stereocenters. The summed E-state index contributed by atoms with van der Waals surface area (Å²) in [6.07, 6.45) is 9.00. The van der Waals surface area contributed by atoms with Crippen molar-refractivity contribution in [2.24, 2.45) is 40.9 Å². The predicted molar refractivity (Wildman–Crippen MR) is 125 cm³/mol. The van der Waals surface area contributed by atoms with Gasteiger partial charge in [-0.25, -0.2) is 9.59 Å². The fourth-order valence-corrected chi connectivity index (χ4v) is 10.5. The van der Waals surface area contributed by atoms with Crippen LogP contribution in [0, 0.1) is 40.9 Å². The lowest BCUT2D eigenvalue weighted by molar-refractivity contribution is -0.221. The second-order valence-corrected chi connectivity index (χ2v) is 14.7. The number of carbonyl (C=O) groups excluding carboxylic acids is 2. The smallest absolute Gasteiger partial charge is 0.454 e. The standard InChI is InChI=1S/C26H36F2O8S/c1-2-25(19-5-15-3-16(7-19)8-20(25)6-15)36-22(30)34-14-23-9-17-4-18(10-23)12-24(11-17,13-23)35-21(29)26(27,28)37(31,32)33/h15-20H,2-14H2,1H3,(H,31,32,33). The normalized spacial score (nSPS) is 45.6. The first-order chi connectivity index (χ1) is 17.3. The molecule has 8 fully saturated rings. The van der Waals surface area contributed by atoms with Crippen molar-refractivity contribution in [3.63, 3.8) is 0 Å². The summed E-state index contributed by atoms with van der Waals surface area (Å²) < 4.78 is 76.0. The van der Waals surface area contributed by atoms with Crippen molar-refractivity contribution in [1.82, 2.24) is 0 Å². The van der Waals surface area contributed by atoms with E-state index in [9.17, 15) is 26.8 Å². The third-order valence-electron chi connectivity index (χ3n) is 10.8. The van der Waals surface area contributed by atoms with Crippen LogP contribution in [0.1, 0.15) is 84.0 Å². The van der Waals surface area contributed by atoms with E-state index in [1.807, 2.05) is 0 Å². The van der Waals surface area contributed by atoms with Gasteiger partial charge in [-0.1, -0.05) is 6.92 Å². The van der Waals surface area contributed by atoms with Gasteiger partial charge in [0.1, 0.15) is 17.8 Å². The maximum Gasteiger partial charge on any atom is 0.508 e. The van der Waals surface area contributed by atoms with Gasteiger partial charge >= 0.3 is 27.5 Å². The lowest BCUT2D eigenvalue weighted by Crippen LogP contribution is -2.60. The van der Waals surface area contributed by atoms with Gasteiger partial charge in [-0.15, -0.1) is 0 Å². The maximum atomic E-state index is 14.0. The van der Waals surface area contributed by atoms with Crippen LogP contribution in [0.2, 0.25) is 0 Å². The molecule has 8 rings (SSSR count). The summed E-state index contributed by atoms with van der Waals surface area (Å²) in [5.74, 6) is 0.154. The Morgan fingerprint density at radius 1 is 0.892 bits per heavy atom. The van der Waals surface area contributed by atoms with Gasteiger partial charge in [0.05, 0.1) is 0 Å². The molecule has 8 nitrogen and oxygen atoms in total. The Bertz CT molecular complexity index is 1050. The average Bonchev–Trinajstić information content (AvgIpc) is 2.78. The fourth-order valence-electron chi connectivity index (χ4n) is 10.2. The molecule has 0 aliphatic heterocycles. The molecule has 0 aromatic rings. The molecule has 0 radical (unpaired) electrons. The summed E-state index contributed by atoms with van der Waals surface area (Å²) in [5, 5.41) is -5.03. The van der Waals surface area contributed by atoms with Crippen LogP contribution in [0.4, 0.5) is 13.6 Å². The Morgan fingerprint density at radius 3 is 1.95 bits per heavy atom. The Kier molecular flexibility index (Phi) is 5.75. The SMILES string of the molecule is CCC1(OC(=O)OCC23CC4CC(C2)CC(OC(=O)C(F)(F)S(=O)(=O)O)(C4)C3)C2CC3CC(C2)CC1C3. The first-order valence-corrected chi connectivity index (χ1v) is 15.2. The molecule has 11 heteroatoms. The molecule has 0 saturated heterocycles. The zero-order valence-electron chi connectivity index (χ0n) is 21.1. The highest BCUT2D eigenvalue weighted by atomic mass is 32.2. The first kappa shape index (κ1) is 25.8. The third kappa shape index (κ3) is 4.08. The molecule has 0 aromatic carbocycles. The topological polar surface area (TPSA) is 116 Å². The highest BCUT2D eigenvalue weighted by Crippen LogP contribution is 2.64. The third-order valence-corrected chi connectivity index (χ3v) is 11.7. The summed E-state index contributed by atoms with van der Waals surface area (Å²) in [5.41, 5.74) is -2.28. The van der Waals surface area contributed by atoms with Crippen molar-refractivity contribution in [2.45, 2.75) is 100 Å². The molecule has 1 N–H and O–H groups in total. The molecule has 8 aliphatic rings. The van der Waals surface area contributed by atoms with Crippen LogP contribution in [0.3, 0.4) is 0 Å². The summed E-state index contributed by atoms with van der Waals surface area (Å²) in [6, 6.07) is 0. The van der Waals surface area contributed by atoms with E-state index in [1.165, 1.54) is 6.42 Å². The number of esters is 1. The summed E-state index contributed by atoms with van der Waals surface area (Å²) in [4.78, 5) is 25.2. The van der Waals surface area contributed by atoms with Crippen LogP contribution in [0.25, 0.3) is 0 Å². The van der Waals surface area contributed by atoms with E-state index in [2.05, 4.69) is 6.92 Å². The molecule has 0 spiro atoms. The van der Waals surface area contributed by atoms with E-state index in [4.69, 9.17) is 18.8 Å². The molecule has 37 heavy (non-hydrogen) atoms. The number of rotatable bonds is 7. The minimum Gasteiger partial charge on any atom is -0.454 e. The molecule has 0 heterocycles. The van der Waals surface area contributed by atoms with E-state index in [0.29, 0.717) is 24.7 Å². The number of ether oxygens (including phenoxy) is 3. The predicted octanol–water partition coefficient (Wildman–Crippen LogP) is 5.11. The Morgan fingerprint density at radius 2 is 1.43 bits per heavy atom. The highest BCUT2D eigenvalue weighted by Gasteiger charge is 2.64. The largest absolute Gasteiger partial charge is 0.508 e. The van der Waals surface area contributed by atoms with Crippen LogP contribution in [-0.4, -0.2) is 48.2 Å².